The maximum atomic E-state index is 15.0. The number of aromatic amines is 1. The van der Waals surface area contributed by atoms with Gasteiger partial charge in [-0.2, -0.15) is 4.98 Å². The highest BCUT2D eigenvalue weighted by Crippen LogP contribution is 2.41. The second kappa shape index (κ2) is 9.33. The minimum absolute atomic E-state index is 0.0190. The zero-order chi connectivity index (χ0) is 27.5. The third kappa shape index (κ3) is 4.50. The van der Waals surface area contributed by atoms with E-state index in [1.54, 1.807) is 29.2 Å². The van der Waals surface area contributed by atoms with Gasteiger partial charge in [0.05, 0.1) is 20.0 Å². The van der Waals surface area contributed by atoms with E-state index in [0.29, 0.717) is 40.6 Å². The average molecular weight is 538 g/mol. The lowest BCUT2D eigenvalue weighted by molar-refractivity contribution is -0.131. The van der Waals surface area contributed by atoms with Crippen molar-refractivity contribution < 1.29 is 28.1 Å². The first kappa shape index (κ1) is 23.6. The van der Waals surface area contributed by atoms with Crippen molar-refractivity contribution in [3.8, 4) is 17.0 Å². The Morgan fingerprint density at radius 2 is 2.11 bits per heavy atom. The molecule has 6 rings (SSSR count). The lowest BCUT2D eigenvalue weighted by Gasteiger charge is -2.45. The maximum absolute atomic E-state index is 15.0. The standard InChI is InChI=1S/C24H25F5N8O/c1-38-22-21-15(13-2-3-18-19(8-13)37(34-32-18)12-20(26)27)4-7-36(21)33-23(31-22)30-17-5-6-35(11-16(17)25)14-9-24(28,29)10-14/h2-4,7-8,14,16-17,20H,5-6,9-12H2,1H3,(H,30,33)/t16-,17+/m1/s1/i7D. The quantitative estimate of drug-likeness (QED) is 0.381. The van der Waals surface area contributed by atoms with Gasteiger partial charge in [-0.25, -0.2) is 31.6 Å². The molecular formula is C24H25F5N8O. The third-order valence-corrected chi connectivity index (χ3v) is 7.18. The number of alkyl halides is 5. The van der Waals surface area contributed by atoms with E-state index in [2.05, 4.69) is 25.4 Å². The van der Waals surface area contributed by atoms with Crippen LogP contribution in [0.1, 0.15) is 20.6 Å². The SMILES string of the molecule is [2H]c1cc(-c2ccc3nnn(CC(F)F)c3c2)c2c(OC)nc(=N[C@H]3CCN(C4CC(F)(F)C4)C[C@H]3F)[nH]n12. The van der Waals surface area contributed by atoms with Crippen LogP contribution in [0.4, 0.5) is 22.0 Å². The lowest BCUT2D eigenvalue weighted by Crippen LogP contribution is -2.56. The fourth-order valence-corrected chi connectivity index (χ4v) is 5.21. The molecule has 0 radical (unpaired) electrons. The number of piperidine rings is 1. The molecule has 14 heteroatoms. The van der Waals surface area contributed by atoms with Crippen molar-refractivity contribution in [3.05, 3.63) is 36.1 Å². The Labute approximate surface area is 214 Å². The largest absolute Gasteiger partial charge is 0.479 e. The zero-order valence-corrected chi connectivity index (χ0v) is 20.3. The highest BCUT2D eigenvalue weighted by Gasteiger charge is 2.49. The molecule has 1 aliphatic carbocycles. The summed E-state index contributed by atoms with van der Waals surface area (Å²) in [5.74, 6) is -2.54. The van der Waals surface area contributed by atoms with Crippen molar-refractivity contribution >= 4 is 16.6 Å². The van der Waals surface area contributed by atoms with Gasteiger partial charge in [-0.1, -0.05) is 11.3 Å². The number of ether oxygens (including phenoxy) is 1. The minimum Gasteiger partial charge on any atom is -0.479 e. The second-order valence-electron chi connectivity index (χ2n) is 9.71. The molecule has 202 valence electrons. The van der Waals surface area contributed by atoms with Gasteiger partial charge in [0.15, 0.2) is 0 Å². The number of hydrogen-bond acceptors (Lipinski definition) is 6. The minimum atomic E-state index is -2.66. The van der Waals surface area contributed by atoms with Crippen molar-refractivity contribution in [2.75, 3.05) is 20.2 Å². The van der Waals surface area contributed by atoms with Crippen LogP contribution in [0.3, 0.4) is 0 Å². The smallest absolute Gasteiger partial charge is 0.258 e. The Bertz CT molecular complexity index is 1590. The van der Waals surface area contributed by atoms with Crippen molar-refractivity contribution in [2.45, 2.75) is 56.4 Å². The van der Waals surface area contributed by atoms with Gasteiger partial charge < -0.3 is 4.74 Å². The van der Waals surface area contributed by atoms with Gasteiger partial charge in [-0.3, -0.25) is 14.5 Å². The molecule has 1 aromatic carbocycles. The van der Waals surface area contributed by atoms with E-state index in [1.165, 1.54) is 11.6 Å². The maximum Gasteiger partial charge on any atom is 0.258 e. The normalized spacial score (nSPS) is 23.3. The Kier molecular flexibility index (Phi) is 5.78. The number of aromatic nitrogens is 6. The average Bonchev–Trinajstić information content (AvgIpc) is 3.43. The van der Waals surface area contributed by atoms with E-state index >= 15 is 4.39 Å². The summed E-state index contributed by atoms with van der Waals surface area (Å²) in [6.45, 7) is -0.137. The van der Waals surface area contributed by atoms with E-state index < -0.39 is 31.1 Å². The summed E-state index contributed by atoms with van der Waals surface area (Å²) in [5.41, 5.74) is 2.48. The number of nitrogens with zero attached hydrogens (tertiary/aromatic N) is 7. The molecule has 1 N–H and O–H groups in total. The number of nitrogens with one attached hydrogen (secondary N) is 1. The summed E-state index contributed by atoms with van der Waals surface area (Å²) in [4.78, 5) is 10.6. The predicted molar refractivity (Wildman–Crippen MR) is 127 cm³/mol. The molecule has 1 saturated heterocycles. The number of hydrogen-bond donors (Lipinski definition) is 1. The van der Waals surface area contributed by atoms with Gasteiger partial charge in [0.2, 0.25) is 11.5 Å². The Morgan fingerprint density at radius 1 is 1.29 bits per heavy atom. The van der Waals surface area contributed by atoms with Gasteiger partial charge in [-0.15, -0.1) is 5.10 Å². The number of benzene rings is 1. The molecule has 0 unspecified atom stereocenters. The number of rotatable bonds is 6. The first-order valence-corrected chi connectivity index (χ1v) is 12.2. The molecule has 0 spiro atoms. The molecule has 1 saturated carbocycles. The molecule has 2 atom stereocenters. The summed E-state index contributed by atoms with van der Waals surface area (Å²) in [5, 5.41) is 10.6. The summed E-state index contributed by atoms with van der Waals surface area (Å²) in [6, 6.07) is 5.56. The van der Waals surface area contributed by atoms with Crippen LogP contribution in [-0.2, 0) is 6.54 Å². The molecule has 1 aliphatic heterocycles. The molecule has 4 aromatic rings. The van der Waals surface area contributed by atoms with E-state index in [0.717, 1.165) is 4.68 Å². The van der Waals surface area contributed by atoms with Crippen molar-refractivity contribution in [1.29, 1.82) is 0 Å². The molecule has 2 aliphatic rings. The van der Waals surface area contributed by atoms with Crippen LogP contribution in [0.2, 0.25) is 0 Å². The fourth-order valence-electron chi connectivity index (χ4n) is 5.21. The number of methoxy groups -OCH3 is 1. The number of likely N-dealkylation sites (tertiary alicyclic amines) is 1. The first-order valence-electron chi connectivity index (χ1n) is 12.7. The van der Waals surface area contributed by atoms with Gasteiger partial charge in [0, 0.05) is 43.7 Å². The van der Waals surface area contributed by atoms with Crippen molar-refractivity contribution in [1.82, 2.24) is 34.5 Å². The molecule has 0 amide bonds. The van der Waals surface area contributed by atoms with Gasteiger partial charge in [0.1, 0.15) is 23.7 Å². The Morgan fingerprint density at radius 3 is 2.82 bits per heavy atom. The van der Waals surface area contributed by atoms with Crippen LogP contribution in [0, 0.1) is 0 Å². The number of halogens is 5. The van der Waals surface area contributed by atoms with Crippen molar-refractivity contribution in [2.24, 2.45) is 4.99 Å². The van der Waals surface area contributed by atoms with E-state index in [-0.39, 0.29) is 43.1 Å². The van der Waals surface area contributed by atoms with Gasteiger partial charge in [0.25, 0.3) is 12.3 Å². The van der Waals surface area contributed by atoms with Crippen LogP contribution in [-0.4, -0.2) is 85.3 Å². The molecule has 0 bridgehead atoms. The zero-order valence-electron chi connectivity index (χ0n) is 21.3. The number of H-pyrrole nitrogens is 1. The summed E-state index contributed by atoms with van der Waals surface area (Å²) in [7, 11) is 1.40. The number of fused-ring (bicyclic) bond motifs is 2. The summed E-state index contributed by atoms with van der Waals surface area (Å²) >= 11 is 0. The third-order valence-electron chi connectivity index (χ3n) is 7.18. The summed E-state index contributed by atoms with van der Waals surface area (Å²) in [6.07, 6.45) is -4.08. The second-order valence-corrected chi connectivity index (χ2v) is 9.71. The predicted octanol–water partition coefficient (Wildman–Crippen LogP) is 3.46. The molecule has 9 nitrogen and oxygen atoms in total. The summed E-state index contributed by atoms with van der Waals surface area (Å²) < 4.78 is 84.0. The van der Waals surface area contributed by atoms with Crippen LogP contribution in [0.15, 0.2) is 35.4 Å². The Balaban J connectivity index is 1.33. The van der Waals surface area contributed by atoms with E-state index in [9.17, 15) is 17.6 Å². The highest BCUT2D eigenvalue weighted by molar-refractivity contribution is 5.89. The molecular weight excluding hydrogens is 511 g/mol. The fraction of sp³-hybridized carbons (Fsp3) is 0.500. The van der Waals surface area contributed by atoms with Gasteiger partial charge in [-0.05, 0) is 30.2 Å². The van der Waals surface area contributed by atoms with Gasteiger partial charge >= 0.3 is 0 Å². The van der Waals surface area contributed by atoms with Crippen LogP contribution in [0.5, 0.6) is 5.88 Å². The van der Waals surface area contributed by atoms with Crippen LogP contribution >= 0.6 is 0 Å². The lowest BCUT2D eigenvalue weighted by atomic mass is 9.85. The molecule has 2 fully saturated rings. The Hall–Kier alpha value is -3.55. The molecule has 38 heavy (non-hydrogen) atoms. The molecule has 3 aromatic heterocycles. The highest BCUT2D eigenvalue weighted by atomic mass is 19.3. The monoisotopic (exact) mass is 537 g/mol. The topological polar surface area (TPSA) is 88.6 Å². The van der Waals surface area contributed by atoms with E-state index in [1.807, 2.05) is 0 Å². The van der Waals surface area contributed by atoms with E-state index in [4.69, 9.17) is 6.11 Å². The van der Waals surface area contributed by atoms with Crippen LogP contribution in [0.25, 0.3) is 27.7 Å². The first-order chi connectivity index (χ1) is 18.6. The van der Waals surface area contributed by atoms with Crippen LogP contribution < -0.4 is 10.4 Å². The molecule has 4 heterocycles. The van der Waals surface area contributed by atoms with Crippen molar-refractivity contribution in [3.63, 3.8) is 0 Å².